The SMILES string of the molecule is Cln1cc(C=Cc2cccnc2)c2ccccc21. The summed E-state index contributed by atoms with van der Waals surface area (Å²) in [5, 5.41) is 1.15. The van der Waals surface area contributed by atoms with Gasteiger partial charge in [0.1, 0.15) is 0 Å². The summed E-state index contributed by atoms with van der Waals surface area (Å²) >= 11 is 6.13. The summed E-state index contributed by atoms with van der Waals surface area (Å²) in [6.45, 7) is 0. The summed E-state index contributed by atoms with van der Waals surface area (Å²) < 4.78 is 1.62. The lowest BCUT2D eigenvalue weighted by atomic mass is 10.1. The Morgan fingerprint density at radius 3 is 2.78 bits per heavy atom. The van der Waals surface area contributed by atoms with Crippen LogP contribution in [0.25, 0.3) is 23.1 Å². The molecule has 1 aromatic carbocycles. The van der Waals surface area contributed by atoms with E-state index in [0.717, 1.165) is 22.0 Å². The van der Waals surface area contributed by atoms with Gasteiger partial charge in [-0.05, 0) is 17.7 Å². The number of halogens is 1. The number of nitrogens with zero attached hydrogens (tertiary/aromatic N) is 2. The maximum Gasteiger partial charge on any atom is 0.0653 e. The number of fused-ring (bicyclic) bond motifs is 1. The van der Waals surface area contributed by atoms with Gasteiger partial charge in [-0.25, -0.2) is 0 Å². The van der Waals surface area contributed by atoms with Gasteiger partial charge in [0.25, 0.3) is 0 Å². The predicted molar refractivity (Wildman–Crippen MR) is 76.4 cm³/mol. The number of hydrogen-bond acceptors (Lipinski definition) is 1. The van der Waals surface area contributed by atoms with Crippen LogP contribution < -0.4 is 0 Å². The molecule has 3 aromatic rings. The first kappa shape index (κ1) is 11.1. The molecule has 3 heteroatoms. The molecular formula is C15H11ClN2. The first-order valence-electron chi connectivity index (χ1n) is 5.69. The van der Waals surface area contributed by atoms with Crippen molar-refractivity contribution in [3.63, 3.8) is 0 Å². The van der Waals surface area contributed by atoms with Gasteiger partial charge in [-0.15, -0.1) is 0 Å². The van der Waals surface area contributed by atoms with Crippen molar-refractivity contribution in [1.29, 1.82) is 0 Å². The van der Waals surface area contributed by atoms with Gasteiger partial charge >= 0.3 is 0 Å². The maximum atomic E-state index is 6.13. The quantitative estimate of drug-likeness (QED) is 0.670. The Balaban J connectivity index is 2.03. The van der Waals surface area contributed by atoms with Crippen LogP contribution >= 0.6 is 11.8 Å². The summed E-state index contributed by atoms with van der Waals surface area (Å²) in [5.74, 6) is 0. The molecule has 0 saturated heterocycles. The largest absolute Gasteiger partial charge is 0.264 e. The van der Waals surface area contributed by atoms with E-state index in [1.165, 1.54) is 0 Å². The fourth-order valence-electron chi connectivity index (χ4n) is 1.96. The van der Waals surface area contributed by atoms with Gasteiger partial charge in [-0.2, -0.15) is 0 Å². The molecule has 0 N–H and O–H groups in total. The fraction of sp³-hybridized carbons (Fsp3) is 0. The van der Waals surface area contributed by atoms with E-state index >= 15 is 0 Å². The monoisotopic (exact) mass is 254 g/mol. The smallest absolute Gasteiger partial charge is 0.0653 e. The Bertz CT molecular complexity index is 699. The van der Waals surface area contributed by atoms with Crippen LogP contribution in [0.4, 0.5) is 0 Å². The zero-order valence-electron chi connectivity index (χ0n) is 9.62. The molecule has 0 aliphatic carbocycles. The number of benzene rings is 1. The first-order valence-corrected chi connectivity index (χ1v) is 6.03. The van der Waals surface area contributed by atoms with Crippen molar-refractivity contribution in [1.82, 2.24) is 9.07 Å². The molecule has 0 fully saturated rings. The van der Waals surface area contributed by atoms with E-state index in [0.29, 0.717) is 0 Å². The number of para-hydroxylation sites is 1. The van der Waals surface area contributed by atoms with Crippen LogP contribution in [0.15, 0.2) is 55.0 Å². The molecule has 2 aromatic heterocycles. The van der Waals surface area contributed by atoms with Gasteiger partial charge in [0.05, 0.1) is 5.52 Å². The Labute approximate surface area is 110 Å². The Morgan fingerprint density at radius 2 is 1.94 bits per heavy atom. The molecule has 0 saturated carbocycles. The molecule has 0 spiro atoms. The van der Waals surface area contributed by atoms with Gasteiger partial charge in [0.15, 0.2) is 0 Å². The van der Waals surface area contributed by atoms with Crippen molar-refractivity contribution in [2.75, 3.05) is 0 Å². The van der Waals surface area contributed by atoms with Gasteiger partial charge in [0, 0.05) is 41.3 Å². The van der Waals surface area contributed by atoms with Crippen LogP contribution in [0.2, 0.25) is 0 Å². The van der Waals surface area contributed by atoms with Crippen molar-refractivity contribution in [3.8, 4) is 0 Å². The normalized spacial score (nSPS) is 11.4. The summed E-state index contributed by atoms with van der Waals surface area (Å²) in [7, 11) is 0. The predicted octanol–water partition coefficient (Wildman–Crippen LogP) is 4.21. The zero-order chi connectivity index (χ0) is 12.4. The fourth-order valence-corrected chi connectivity index (χ4v) is 2.21. The van der Waals surface area contributed by atoms with Crippen molar-refractivity contribution in [2.45, 2.75) is 0 Å². The lowest BCUT2D eigenvalue weighted by molar-refractivity contribution is 1.32. The highest BCUT2D eigenvalue weighted by Gasteiger charge is 2.03. The van der Waals surface area contributed by atoms with E-state index in [1.54, 1.807) is 10.3 Å². The minimum Gasteiger partial charge on any atom is -0.264 e. The van der Waals surface area contributed by atoms with Crippen LogP contribution in [0.5, 0.6) is 0 Å². The third-order valence-corrected chi connectivity index (χ3v) is 3.12. The van der Waals surface area contributed by atoms with Crippen molar-refractivity contribution >= 4 is 34.8 Å². The topological polar surface area (TPSA) is 17.8 Å². The van der Waals surface area contributed by atoms with Gasteiger partial charge < -0.3 is 0 Å². The highest BCUT2D eigenvalue weighted by Crippen LogP contribution is 2.23. The van der Waals surface area contributed by atoms with Gasteiger partial charge in [-0.3, -0.25) is 9.07 Å². The average molecular weight is 255 g/mol. The van der Waals surface area contributed by atoms with E-state index < -0.39 is 0 Å². The molecule has 0 amide bonds. The molecule has 18 heavy (non-hydrogen) atoms. The molecule has 0 aliphatic heterocycles. The van der Waals surface area contributed by atoms with Crippen LogP contribution in [0, 0.1) is 0 Å². The van der Waals surface area contributed by atoms with E-state index in [2.05, 4.69) is 17.1 Å². The molecule has 0 unspecified atom stereocenters. The Hall–Kier alpha value is -2.06. The maximum absolute atomic E-state index is 6.13. The number of hydrogen-bond donors (Lipinski definition) is 0. The Kier molecular flexibility index (Phi) is 2.87. The van der Waals surface area contributed by atoms with Crippen LogP contribution in [0.1, 0.15) is 11.1 Å². The molecule has 0 aliphatic rings. The second-order valence-electron chi connectivity index (χ2n) is 4.03. The second kappa shape index (κ2) is 4.67. The number of aromatic nitrogens is 2. The highest BCUT2D eigenvalue weighted by molar-refractivity contribution is 6.20. The molecular weight excluding hydrogens is 244 g/mol. The molecule has 0 atom stereocenters. The third-order valence-electron chi connectivity index (χ3n) is 2.84. The van der Waals surface area contributed by atoms with E-state index in [1.807, 2.05) is 48.8 Å². The minimum absolute atomic E-state index is 1.02. The molecule has 0 bridgehead atoms. The summed E-state index contributed by atoms with van der Waals surface area (Å²) in [6, 6.07) is 12.0. The second-order valence-corrected chi connectivity index (χ2v) is 4.40. The summed E-state index contributed by atoms with van der Waals surface area (Å²) in [6.07, 6.45) is 9.60. The molecule has 2 nitrogen and oxygen atoms in total. The zero-order valence-corrected chi connectivity index (χ0v) is 10.4. The minimum atomic E-state index is 1.02. The lowest BCUT2D eigenvalue weighted by Gasteiger charge is -1.92. The van der Waals surface area contributed by atoms with E-state index in [9.17, 15) is 0 Å². The van der Waals surface area contributed by atoms with Crippen LogP contribution in [-0.2, 0) is 0 Å². The van der Waals surface area contributed by atoms with Crippen LogP contribution in [-0.4, -0.2) is 9.07 Å². The van der Waals surface area contributed by atoms with Crippen molar-refractivity contribution < 1.29 is 0 Å². The summed E-state index contributed by atoms with van der Waals surface area (Å²) in [5.41, 5.74) is 3.19. The number of pyridine rings is 1. The highest BCUT2D eigenvalue weighted by atomic mass is 35.5. The van der Waals surface area contributed by atoms with Crippen molar-refractivity contribution in [3.05, 3.63) is 66.1 Å². The van der Waals surface area contributed by atoms with Crippen molar-refractivity contribution in [2.24, 2.45) is 0 Å². The molecule has 88 valence electrons. The third kappa shape index (κ3) is 2.03. The van der Waals surface area contributed by atoms with E-state index in [-0.39, 0.29) is 0 Å². The van der Waals surface area contributed by atoms with E-state index in [4.69, 9.17) is 11.8 Å². The Morgan fingerprint density at radius 1 is 1.06 bits per heavy atom. The average Bonchev–Trinajstić information content (AvgIpc) is 2.75. The lowest BCUT2D eigenvalue weighted by Crippen LogP contribution is -1.73. The molecule has 3 rings (SSSR count). The molecule has 2 heterocycles. The first-order chi connectivity index (χ1) is 8.84. The number of rotatable bonds is 2. The van der Waals surface area contributed by atoms with Crippen LogP contribution in [0.3, 0.4) is 0 Å². The summed E-state index contributed by atoms with van der Waals surface area (Å²) in [4.78, 5) is 4.08. The van der Waals surface area contributed by atoms with Gasteiger partial charge in [-0.1, -0.05) is 36.4 Å². The standard InChI is InChI=1S/C15H11ClN2/c16-18-11-13(14-5-1-2-6-15(14)18)8-7-12-4-3-9-17-10-12/h1-11H. The molecule has 0 radical (unpaired) electrons. The van der Waals surface area contributed by atoms with Gasteiger partial charge in [0.2, 0.25) is 0 Å².